The van der Waals surface area contributed by atoms with Crippen molar-refractivity contribution in [3.05, 3.63) is 52.5 Å². The van der Waals surface area contributed by atoms with Crippen LogP contribution in [0.25, 0.3) is 0 Å². The zero-order valence-corrected chi connectivity index (χ0v) is 11.5. The molecule has 2 aromatic rings. The molecule has 0 aliphatic heterocycles. The summed E-state index contributed by atoms with van der Waals surface area (Å²) in [4.78, 5) is 0. The van der Waals surface area contributed by atoms with Crippen molar-refractivity contribution >= 4 is 23.2 Å². The molecule has 19 heavy (non-hydrogen) atoms. The van der Waals surface area contributed by atoms with Gasteiger partial charge in [0, 0.05) is 6.07 Å². The summed E-state index contributed by atoms with van der Waals surface area (Å²) in [5.41, 5.74) is 0. The van der Waals surface area contributed by atoms with E-state index in [2.05, 4.69) is 0 Å². The number of aromatic hydroxyl groups is 1. The fourth-order valence-electron chi connectivity index (χ4n) is 1.50. The first kappa shape index (κ1) is 13.8. The number of para-hydroxylation sites is 1. The lowest BCUT2D eigenvalue weighted by Gasteiger charge is -2.10. The molecule has 0 aromatic heterocycles. The van der Waals surface area contributed by atoms with Gasteiger partial charge in [0.15, 0.2) is 5.75 Å². The van der Waals surface area contributed by atoms with E-state index in [-0.39, 0.29) is 5.75 Å². The number of halogens is 2. The van der Waals surface area contributed by atoms with Crippen LogP contribution in [0.4, 0.5) is 0 Å². The normalized spacial score (nSPS) is 10.2. The van der Waals surface area contributed by atoms with Gasteiger partial charge in [-0.25, -0.2) is 0 Å². The summed E-state index contributed by atoms with van der Waals surface area (Å²) in [5.74, 6) is 1.19. The number of hydrogen-bond acceptors (Lipinski definition) is 3. The van der Waals surface area contributed by atoms with Gasteiger partial charge >= 0.3 is 0 Å². The second kappa shape index (κ2) is 6.55. The van der Waals surface area contributed by atoms with Crippen LogP contribution in [-0.4, -0.2) is 18.3 Å². The van der Waals surface area contributed by atoms with Gasteiger partial charge in [-0.2, -0.15) is 0 Å². The minimum atomic E-state index is 0.160. The molecule has 0 unspecified atom stereocenters. The molecule has 2 rings (SSSR count). The maximum Gasteiger partial charge on any atom is 0.156 e. The van der Waals surface area contributed by atoms with E-state index in [1.165, 1.54) is 6.07 Å². The Morgan fingerprint density at radius 3 is 2.21 bits per heavy atom. The maximum atomic E-state index is 9.27. The first-order chi connectivity index (χ1) is 9.16. The van der Waals surface area contributed by atoms with Crippen LogP contribution in [0.15, 0.2) is 42.5 Å². The summed E-state index contributed by atoms with van der Waals surface area (Å²) >= 11 is 11.9. The molecule has 0 heterocycles. The lowest BCUT2D eigenvalue weighted by Crippen LogP contribution is -2.09. The first-order valence-corrected chi connectivity index (χ1v) is 6.41. The highest BCUT2D eigenvalue weighted by atomic mass is 35.5. The van der Waals surface area contributed by atoms with Crippen LogP contribution in [0.2, 0.25) is 10.0 Å². The maximum absolute atomic E-state index is 9.27. The smallest absolute Gasteiger partial charge is 0.156 e. The molecule has 0 radical (unpaired) electrons. The number of benzene rings is 2. The predicted molar refractivity (Wildman–Crippen MR) is 75.6 cm³/mol. The molecule has 0 atom stereocenters. The van der Waals surface area contributed by atoms with Gasteiger partial charge in [0.05, 0.1) is 10.0 Å². The molecule has 0 amide bonds. The van der Waals surface area contributed by atoms with E-state index in [9.17, 15) is 5.11 Å². The van der Waals surface area contributed by atoms with Crippen LogP contribution in [-0.2, 0) is 0 Å². The van der Waals surface area contributed by atoms with Gasteiger partial charge in [-0.3, -0.25) is 0 Å². The largest absolute Gasteiger partial charge is 0.508 e. The Morgan fingerprint density at radius 2 is 1.53 bits per heavy atom. The molecule has 100 valence electrons. The van der Waals surface area contributed by atoms with E-state index in [0.717, 1.165) is 0 Å². The van der Waals surface area contributed by atoms with Crippen LogP contribution in [0, 0.1) is 0 Å². The molecular formula is C14H12Cl2O3. The van der Waals surface area contributed by atoms with Crippen molar-refractivity contribution in [2.75, 3.05) is 13.2 Å². The van der Waals surface area contributed by atoms with Crippen LogP contribution in [0.1, 0.15) is 0 Å². The molecule has 0 fully saturated rings. The van der Waals surface area contributed by atoms with E-state index in [0.29, 0.717) is 34.8 Å². The molecule has 0 saturated carbocycles. The van der Waals surface area contributed by atoms with Crippen molar-refractivity contribution in [1.29, 1.82) is 0 Å². The molecule has 1 N–H and O–H groups in total. The van der Waals surface area contributed by atoms with Crippen LogP contribution in [0.3, 0.4) is 0 Å². The fourth-order valence-corrected chi connectivity index (χ4v) is 2.00. The Morgan fingerprint density at radius 1 is 0.895 bits per heavy atom. The lowest BCUT2D eigenvalue weighted by atomic mass is 10.3. The molecule has 0 saturated heterocycles. The highest BCUT2D eigenvalue weighted by molar-refractivity contribution is 6.37. The quantitative estimate of drug-likeness (QED) is 0.843. The van der Waals surface area contributed by atoms with Gasteiger partial charge in [-0.05, 0) is 24.3 Å². The standard InChI is InChI=1S/C14H12Cl2O3/c15-12-5-2-6-13(16)14(12)19-8-7-18-11-4-1-3-10(17)9-11/h1-6,9,17H,7-8H2. The first-order valence-electron chi connectivity index (χ1n) is 5.65. The third-order valence-electron chi connectivity index (χ3n) is 2.34. The Hall–Kier alpha value is -1.58. The van der Waals surface area contributed by atoms with Crippen molar-refractivity contribution in [3.63, 3.8) is 0 Å². The zero-order valence-electron chi connectivity index (χ0n) is 9.98. The van der Waals surface area contributed by atoms with Crippen LogP contribution < -0.4 is 9.47 Å². The van der Waals surface area contributed by atoms with Gasteiger partial charge in [0.25, 0.3) is 0 Å². The van der Waals surface area contributed by atoms with Crippen molar-refractivity contribution in [1.82, 2.24) is 0 Å². The van der Waals surface area contributed by atoms with Gasteiger partial charge in [-0.15, -0.1) is 0 Å². The summed E-state index contributed by atoms with van der Waals surface area (Å²) in [6.45, 7) is 0.629. The van der Waals surface area contributed by atoms with E-state index >= 15 is 0 Å². The van der Waals surface area contributed by atoms with E-state index in [4.69, 9.17) is 32.7 Å². The molecule has 0 aliphatic rings. The van der Waals surface area contributed by atoms with Crippen LogP contribution >= 0.6 is 23.2 Å². The zero-order chi connectivity index (χ0) is 13.7. The third-order valence-corrected chi connectivity index (χ3v) is 2.93. The average molecular weight is 299 g/mol. The Bertz CT molecular complexity index is 538. The highest BCUT2D eigenvalue weighted by Gasteiger charge is 2.06. The van der Waals surface area contributed by atoms with Gasteiger partial charge in [-0.1, -0.05) is 35.3 Å². The Balaban J connectivity index is 1.84. The molecule has 0 bridgehead atoms. The van der Waals surface area contributed by atoms with Crippen molar-refractivity contribution in [2.45, 2.75) is 0 Å². The number of hydrogen-bond donors (Lipinski definition) is 1. The number of phenolic OH excluding ortho intramolecular Hbond substituents is 1. The summed E-state index contributed by atoms with van der Waals surface area (Å²) in [6, 6.07) is 11.7. The highest BCUT2D eigenvalue weighted by Crippen LogP contribution is 2.32. The topological polar surface area (TPSA) is 38.7 Å². The monoisotopic (exact) mass is 298 g/mol. The predicted octanol–water partition coefficient (Wildman–Crippen LogP) is 4.16. The lowest BCUT2D eigenvalue weighted by molar-refractivity contribution is 0.217. The third kappa shape index (κ3) is 3.94. The molecule has 0 aliphatic carbocycles. The minimum Gasteiger partial charge on any atom is -0.508 e. The van der Waals surface area contributed by atoms with Crippen molar-refractivity contribution in [3.8, 4) is 17.2 Å². The molecular weight excluding hydrogens is 287 g/mol. The summed E-state index contributed by atoms with van der Waals surface area (Å²) in [7, 11) is 0. The SMILES string of the molecule is Oc1cccc(OCCOc2c(Cl)cccc2Cl)c1. The minimum absolute atomic E-state index is 0.160. The van der Waals surface area contributed by atoms with Gasteiger partial charge in [0.2, 0.25) is 0 Å². The molecule has 2 aromatic carbocycles. The second-order valence-corrected chi connectivity index (χ2v) is 4.56. The van der Waals surface area contributed by atoms with Gasteiger partial charge in [0.1, 0.15) is 24.7 Å². The van der Waals surface area contributed by atoms with E-state index < -0.39 is 0 Å². The Kier molecular flexibility index (Phi) is 4.77. The van der Waals surface area contributed by atoms with Crippen LogP contribution in [0.5, 0.6) is 17.2 Å². The molecule has 3 nitrogen and oxygen atoms in total. The number of ether oxygens (including phenoxy) is 2. The number of phenols is 1. The molecule has 5 heteroatoms. The van der Waals surface area contributed by atoms with E-state index in [1.54, 1.807) is 36.4 Å². The Labute approximate surface area is 121 Å². The summed E-state index contributed by atoms with van der Waals surface area (Å²) in [6.07, 6.45) is 0. The van der Waals surface area contributed by atoms with Crippen molar-refractivity contribution in [2.24, 2.45) is 0 Å². The summed E-state index contributed by atoms with van der Waals surface area (Å²) < 4.78 is 10.9. The van der Waals surface area contributed by atoms with Gasteiger partial charge < -0.3 is 14.6 Å². The molecule has 0 spiro atoms. The fraction of sp³-hybridized carbons (Fsp3) is 0.143. The van der Waals surface area contributed by atoms with Crippen molar-refractivity contribution < 1.29 is 14.6 Å². The summed E-state index contributed by atoms with van der Waals surface area (Å²) in [5, 5.41) is 10.2. The second-order valence-electron chi connectivity index (χ2n) is 3.75. The van der Waals surface area contributed by atoms with E-state index in [1.807, 2.05) is 0 Å². The number of rotatable bonds is 5. The average Bonchev–Trinajstić information content (AvgIpc) is 2.37.